The Morgan fingerprint density at radius 1 is 1.00 bits per heavy atom. The molecule has 0 spiro atoms. The second kappa shape index (κ2) is 7.00. The molecule has 0 bridgehead atoms. The minimum atomic E-state index is -0.475. The number of carbonyl (C=O) groups excluding carboxylic acids is 1. The van der Waals surface area contributed by atoms with E-state index in [2.05, 4.69) is 27.6 Å². The van der Waals surface area contributed by atoms with Crippen molar-refractivity contribution in [1.29, 1.82) is 0 Å². The zero-order chi connectivity index (χ0) is 17.1. The van der Waals surface area contributed by atoms with Crippen LogP contribution in [-0.4, -0.2) is 18.2 Å². The molecule has 6 N–H and O–H groups in total. The van der Waals surface area contributed by atoms with Gasteiger partial charge in [0, 0.05) is 11.4 Å². The van der Waals surface area contributed by atoms with E-state index in [0.717, 1.165) is 22.5 Å². The monoisotopic (exact) mass is 325 g/mol. The lowest BCUT2D eigenvalue weighted by Gasteiger charge is -2.22. The molecule has 3 rings (SSSR count). The van der Waals surface area contributed by atoms with Crippen LogP contribution < -0.4 is 27.2 Å². The first kappa shape index (κ1) is 16.4. The second-order valence-corrected chi connectivity index (χ2v) is 6.19. The fourth-order valence-electron chi connectivity index (χ4n) is 3.00. The van der Waals surface area contributed by atoms with Crippen molar-refractivity contribution in [2.75, 3.05) is 10.6 Å². The number of hydrogen-bond acceptors (Lipinski definition) is 5. The minimum Gasteiger partial charge on any atom is -0.368 e. The van der Waals surface area contributed by atoms with Crippen molar-refractivity contribution in [3.8, 4) is 0 Å². The van der Waals surface area contributed by atoms with Crippen molar-refractivity contribution in [1.82, 2.24) is 10.9 Å². The molecule has 1 amide bonds. The molecule has 0 aliphatic carbocycles. The molecule has 126 valence electrons. The first-order valence-electron chi connectivity index (χ1n) is 8.00. The summed E-state index contributed by atoms with van der Waals surface area (Å²) in [7, 11) is 0. The van der Waals surface area contributed by atoms with Gasteiger partial charge in [0.05, 0.1) is 6.17 Å². The lowest BCUT2D eigenvalue weighted by atomic mass is 10.0. The molecule has 6 nitrogen and oxygen atoms in total. The van der Waals surface area contributed by atoms with Crippen molar-refractivity contribution in [3.05, 3.63) is 59.7 Å². The predicted octanol–water partition coefficient (Wildman–Crippen LogP) is 1.69. The van der Waals surface area contributed by atoms with Crippen LogP contribution in [0.3, 0.4) is 0 Å². The average Bonchev–Trinajstić information content (AvgIpc) is 2.88. The first-order valence-corrected chi connectivity index (χ1v) is 8.00. The van der Waals surface area contributed by atoms with Crippen LogP contribution in [0.15, 0.2) is 48.5 Å². The van der Waals surface area contributed by atoms with Crippen LogP contribution in [0.25, 0.3) is 0 Å². The van der Waals surface area contributed by atoms with Crippen LogP contribution in [0.5, 0.6) is 0 Å². The summed E-state index contributed by atoms with van der Waals surface area (Å²) >= 11 is 0. The molecule has 3 atom stereocenters. The van der Waals surface area contributed by atoms with Crippen molar-refractivity contribution in [2.45, 2.75) is 26.2 Å². The number of nitrogens with one attached hydrogen (secondary N) is 4. The van der Waals surface area contributed by atoms with Gasteiger partial charge in [-0.15, -0.1) is 0 Å². The lowest BCUT2D eigenvalue weighted by molar-refractivity contribution is -0.120. The zero-order valence-corrected chi connectivity index (χ0v) is 13.8. The van der Waals surface area contributed by atoms with Crippen LogP contribution in [0, 0.1) is 19.8 Å². The van der Waals surface area contributed by atoms with E-state index in [9.17, 15) is 4.79 Å². The number of benzene rings is 2. The summed E-state index contributed by atoms with van der Waals surface area (Å²) in [5.74, 6) is -0.579. The van der Waals surface area contributed by atoms with Crippen molar-refractivity contribution < 1.29 is 4.79 Å². The Hall–Kier alpha value is -2.41. The van der Waals surface area contributed by atoms with Gasteiger partial charge in [0.1, 0.15) is 12.1 Å². The van der Waals surface area contributed by atoms with E-state index in [0.29, 0.717) is 0 Å². The molecule has 2 aromatic rings. The maximum Gasteiger partial charge on any atom is 0.233 e. The quantitative estimate of drug-likeness (QED) is 0.590. The molecule has 2 aromatic carbocycles. The van der Waals surface area contributed by atoms with Crippen LogP contribution in [0.2, 0.25) is 0 Å². The normalized spacial score (nSPS) is 23.0. The number of hydrogen-bond donors (Lipinski definition) is 5. The number of amides is 1. The van der Waals surface area contributed by atoms with Crippen molar-refractivity contribution in [3.63, 3.8) is 0 Å². The summed E-state index contributed by atoms with van der Waals surface area (Å²) in [4.78, 5) is 12.7. The third-order valence-corrected chi connectivity index (χ3v) is 4.04. The fraction of sp³-hybridized carbons (Fsp3) is 0.278. The van der Waals surface area contributed by atoms with Crippen molar-refractivity contribution in [2.24, 2.45) is 11.7 Å². The number of nitrogens with two attached hydrogens (primary N) is 1. The van der Waals surface area contributed by atoms with Gasteiger partial charge in [0.25, 0.3) is 0 Å². The Morgan fingerprint density at radius 3 is 2.33 bits per heavy atom. The maximum atomic E-state index is 12.7. The molecular weight excluding hydrogens is 302 g/mol. The summed E-state index contributed by atoms with van der Waals surface area (Å²) in [6.45, 7) is 4.01. The third kappa shape index (κ3) is 3.73. The highest BCUT2D eigenvalue weighted by molar-refractivity contribution is 5.94. The highest BCUT2D eigenvalue weighted by Crippen LogP contribution is 2.20. The highest BCUT2D eigenvalue weighted by Gasteiger charge is 2.39. The van der Waals surface area contributed by atoms with Crippen molar-refractivity contribution >= 4 is 17.3 Å². The van der Waals surface area contributed by atoms with Gasteiger partial charge in [-0.2, -0.15) is 0 Å². The molecule has 24 heavy (non-hydrogen) atoms. The Bertz CT molecular complexity index is 698. The number of anilines is 2. The Balaban J connectivity index is 1.73. The molecule has 1 aliphatic heterocycles. The van der Waals surface area contributed by atoms with Crippen LogP contribution in [-0.2, 0) is 4.79 Å². The number of para-hydroxylation sites is 1. The molecule has 0 radical (unpaired) electrons. The summed E-state index contributed by atoms with van der Waals surface area (Å²) in [5, 5.41) is 6.27. The summed E-state index contributed by atoms with van der Waals surface area (Å²) < 4.78 is 0. The largest absolute Gasteiger partial charge is 0.368 e. The SMILES string of the molecule is Cc1cc(C)cc(NC(=O)C2C(N)NNC2Nc2ccccc2)c1. The maximum absolute atomic E-state index is 12.7. The molecule has 6 heteroatoms. The van der Waals surface area contributed by atoms with E-state index >= 15 is 0 Å². The van der Waals surface area contributed by atoms with Crippen LogP contribution in [0.4, 0.5) is 11.4 Å². The molecule has 0 aromatic heterocycles. The molecule has 1 fully saturated rings. The Kier molecular flexibility index (Phi) is 4.80. The topological polar surface area (TPSA) is 91.2 Å². The molecule has 1 saturated heterocycles. The third-order valence-electron chi connectivity index (χ3n) is 4.04. The van der Waals surface area contributed by atoms with Gasteiger partial charge in [-0.1, -0.05) is 24.3 Å². The second-order valence-electron chi connectivity index (χ2n) is 6.19. The number of aryl methyl sites for hydroxylation is 2. The summed E-state index contributed by atoms with van der Waals surface area (Å²) in [6.07, 6.45) is -0.773. The molecular formula is C18H23N5O. The molecule has 1 heterocycles. The lowest BCUT2D eigenvalue weighted by Crippen LogP contribution is -2.45. The van der Waals surface area contributed by atoms with Gasteiger partial charge < -0.3 is 16.4 Å². The number of carbonyl (C=O) groups is 1. The van der Waals surface area contributed by atoms with E-state index in [1.54, 1.807) is 0 Å². The van der Waals surface area contributed by atoms with E-state index in [-0.39, 0.29) is 12.1 Å². The Morgan fingerprint density at radius 2 is 1.67 bits per heavy atom. The van der Waals surface area contributed by atoms with Gasteiger partial charge in [0.2, 0.25) is 5.91 Å². The van der Waals surface area contributed by atoms with Gasteiger partial charge in [-0.25, -0.2) is 10.9 Å². The number of rotatable bonds is 4. The van der Waals surface area contributed by atoms with E-state index in [1.807, 2.05) is 56.3 Å². The summed E-state index contributed by atoms with van der Waals surface area (Å²) in [6, 6.07) is 15.7. The fourth-order valence-corrected chi connectivity index (χ4v) is 3.00. The molecule has 0 saturated carbocycles. The summed E-state index contributed by atoms with van der Waals surface area (Å²) in [5.41, 5.74) is 16.0. The van der Waals surface area contributed by atoms with Gasteiger partial charge in [-0.3, -0.25) is 4.79 Å². The predicted molar refractivity (Wildman–Crippen MR) is 96.1 cm³/mol. The molecule has 3 unspecified atom stereocenters. The van der Waals surface area contributed by atoms with Gasteiger partial charge >= 0.3 is 0 Å². The first-order chi connectivity index (χ1) is 11.5. The van der Waals surface area contributed by atoms with Crippen LogP contribution in [0.1, 0.15) is 11.1 Å². The van der Waals surface area contributed by atoms with Gasteiger partial charge in [-0.05, 0) is 49.2 Å². The minimum absolute atomic E-state index is 0.126. The Labute approximate surface area is 141 Å². The van der Waals surface area contributed by atoms with Crippen LogP contribution >= 0.6 is 0 Å². The highest BCUT2D eigenvalue weighted by atomic mass is 16.2. The smallest absolute Gasteiger partial charge is 0.233 e. The molecule has 1 aliphatic rings. The standard InChI is InChI=1S/C18H23N5O/c1-11-8-12(2)10-14(9-11)21-18(24)15-16(19)22-23-17(15)20-13-6-4-3-5-7-13/h3-10,15-17,20,22-23H,19H2,1-2H3,(H,21,24). The van der Waals surface area contributed by atoms with E-state index in [1.165, 1.54) is 0 Å². The van der Waals surface area contributed by atoms with E-state index in [4.69, 9.17) is 5.73 Å². The van der Waals surface area contributed by atoms with E-state index < -0.39 is 12.1 Å². The zero-order valence-electron chi connectivity index (χ0n) is 13.8. The van der Waals surface area contributed by atoms with Gasteiger partial charge in [0.15, 0.2) is 0 Å². The average molecular weight is 325 g/mol. The number of hydrazine groups is 1.